The molecule has 0 fully saturated rings. The largest absolute Gasteiger partial charge is 0.480 e. The first-order valence-corrected chi connectivity index (χ1v) is 6.15. The van der Waals surface area contributed by atoms with E-state index in [4.69, 9.17) is 0 Å². The first-order valence-electron chi connectivity index (χ1n) is 6.15. The number of hydrogen-bond donors (Lipinski definition) is 2. The third kappa shape index (κ3) is 4.22. The van der Waals surface area contributed by atoms with Crippen LogP contribution in [0.3, 0.4) is 0 Å². The normalized spacial score (nSPS) is 15.3. The van der Waals surface area contributed by atoms with Crippen molar-refractivity contribution in [3.63, 3.8) is 0 Å². The van der Waals surface area contributed by atoms with Crippen molar-refractivity contribution in [2.24, 2.45) is 0 Å². The van der Waals surface area contributed by atoms with E-state index in [1.54, 1.807) is 13.8 Å². The molecule has 0 spiro atoms. The van der Waals surface area contributed by atoms with Crippen molar-refractivity contribution in [3.05, 3.63) is 18.0 Å². The van der Waals surface area contributed by atoms with Crippen LogP contribution in [0.25, 0.3) is 0 Å². The van der Waals surface area contributed by atoms with Gasteiger partial charge in [0.25, 0.3) is 0 Å². The summed E-state index contributed by atoms with van der Waals surface area (Å²) >= 11 is 0. The molecule has 0 radical (unpaired) electrons. The van der Waals surface area contributed by atoms with Crippen molar-refractivity contribution >= 4 is 5.97 Å². The van der Waals surface area contributed by atoms with Crippen molar-refractivity contribution in [3.8, 4) is 0 Å². The Morgan fingerprint density at radius 2 is 2.10 bits per heavy atom. The molecule has 0 amide bonds. The molecule has 5 nitrogen and oxygen atoms in total. The van der Waals surface area contributed by atoms with Crippen LogP contribution >= 0.6 is 0 Å². The number of aliphatic carboxylic acids is 1. The maximum Gasteiger partial charge on any atom is 0.419 e. The summed E-state index contributed by atoms with van der Waals surface area (Å²) in [4.78, 5) is 11.3. The second kappa shape index (κ2) is 5.82. The van der Waals surface area contributed by atoms with Gasteiger partial charge in [-0.2, -0.15) is 18.3 Å². The highest BCUT2D eigenvalue weighted by atomic mass is 19.4. The van der Waals surface area contributed by atoms with Crippen LogP contribution in [-0.4, -0.2) is 32.4 Å². The monoisotopic (exact) mass is 293 g/mol. The Kier molecular flexibility index (Phi) is 4.80. The lowest BCUT2D eigenvalue weighted by Crippen LogP contribution is -2.52. The molecule has 2 N–H and O–H groups in total. The Hall–Kier alpha value is -1.57. The second-order valence-electron chi connectivity index (χ2n) is 5.18. The van der Waals surface area contributed by atoms with E-state index in [9.17, 15) is 23.1 Å². The van der Waals surface area contributed by atoms with Gasteiger partial charge in [0, 0.05) is 18.8 Å². The van der Waals surface area contributed by atoms with E-state index < -0.39 is 23.2 Å². The third-order valence-corrected chi connectivity index (χ3v) is 2.88. The van der Waals surface area contributed by atoms with Gasteiger partial charge in [-0.05, 0) is 27.2 Å². The van der Waals surface area contributed by atoms with E-state index in [0.29, 0.717) is 0 Å². The number of aromatic nitrogens is 2. The minimum Gasteiger partial charge on any atom is -0.480 e. The van der Waals surface area contributed by atoms with Crippen LogP contribution in [0.4, 0.5) is 13.2 Å². The molecule has 1 heterocycles. The molecule has 0 saturated heterocycles. The fourth-order valence-electron chi connectivity index (χ4n) is 1.85. The zero-order chi connectivity index (χ0) is 15.6. The molecule has 20 heavy (non-hydrogen) atoms. The van der Waals surface area contributed by atoms with Crippen LogP contribution in [0.2, 0.25) is 0 Å². The van der Waals surface area contributed by atoms with E-state index >= 15 is 0 Å². The smallest absolute Gasteiger partial charge is 0.419 e. The van der Waals surface area contributed by atoms with Gasteiger partial charge < -0.3 is 5.11 Å². The second-order valence-corrected chi connectivity index (χ2v) is 5.18. The zero-order valence-corrected chi connectivity index (χ0v) is 11.5. The quantitative estimate of drug-likeness (QED) is 0.843. The molecule has 0 aromatic carbocycles. The minimum atomic E-state index is -4.44. The average molecular weight is 293 g/mol. The molecule has 1 unspecified atom stereocenters. The first-order chi connectivity index (χ1) is 9.04. The van der Waals surface area contributed by atoms with Crippen molar-refractivity contribution in [1.82, 2.24) is 15.1 Å². The van der Waals surface area contributed by atoms with Gasteiger partial charge in [0.05, 0.1) is 11.8 Å². The molecule has 0 saturated carbocycles. The summed E-state index contributed by atoms with van der Waals surface area (Å²) in [5, 5.41) is 15.7. The van der Waals surface area contributed by atoms with Crippen LogP contribution in [0.15, 0.2) is 12.4 Å². The number of carboxylic acids is 1. The lowest BCUT2D eigenvalue weighted by Gasteiger charge is -2.28. The van der Waals surface area contributed by atoms with Crippen LogP contribution in [0, 0.1) is 0 Å². The van der Waals surface area contributed by atoms with Gasteiger partial charge in [0.1, 0.15) is 5.54 Å². The molecule has 1 atom stereocenters. The Labute approximate surface area is 114 Å². The minimum absolute atomic E-state index is 0.0561. The molecule has 8 heteroatoms. The average Bonchev–Trinajstić information content (AvgIpc) is 2.73. The van der Waals surface area contributed by atoms with Crippen molar-refractivity contribution < 1.29 is 23.1 Å². The highest BCUT2D eigenvalue weighted by molar-refractivity contribution is 5.78. The summed E-state index contributed by atoms with van der Waals surface area (Å²) in [7, 11) is 0. The van der Waals surface area contributed by atoms with E-state index in [0.717, 1.165) is 17.1 Å². The first kappa shape index (κ1) is 16.5. The molecule has 0 aliphatic heterocycles. The summed E-state index contributed by atoms with van der Waals surface area (Å²) in [6, 6.07) is -0.0561. The van der Waals surface area contributed by atoms with E-state index in [1.165, 1.54) is 6.92 Å². The number of carboxylic acid groups (broad SMARTS) is 1. The highest BCUT2D eigenvalue weighted by Gasteiger charge is 2.34. The standard InChI is InChI=1S/C12H18F3N3O2/c1-8(2)17-11(3,10(19)20)4-5-18-7-9(6-16-18)12(13,14)15/h6-8,17H,4-5H2,1-3H3,(H,19,20). The molecule has 1 aromatic heterocycles. The van der Waals surface area contributed by atoms with Gasteiger partial charge in [0.15, 0.2) is 0 Å². The van der Waals surface area contributed by atoms with Crippen LogP contribution < -0.4 is 5.32 Å². The topological polar surface area (TPSA) is 67.2 Å². The fraction of sp³-hybridized carbons (Fsp3) is 0.667. The Bertz CT molecular complexity index is 471. The number of aryl methyl sites for hydroxylation is 1. The van der Waals surface area contributed by atoms with E-state index in [-0.39, 0.29) is 19.0 Å². The van der Waals surface area contributed by atoms with Gasteiger partial charge in [-0.1, -0.05) is 0 Å². The summed E-state index contributed by atoms with van der Waals surface area (Å²) in [6.07, 6.45) is -2.71. The molecule has 114 valence electrons. The molecule has 0 aliphatic carbocycles. The third-order valence-electron chi connectivity index (χ3n) is 2.88. The highest BCUT2D eigenvalue weighted by Crippen LogP contribution is 2.28. The predicted molar refractivity (Wildman–Crippen MR) is 66.2 cm³/mol. The molecule has 1 aromatic rings. The number of rotatable bonds is 6. The lowest BCUT2D eigenvalue weighted by molar-refractivity contribution is -0.145. The summed E-state index contributed by atoms with van der Waals surface area (Å²) in [5.74, 6) is -1.05. The van der Waals surface area contributed by atoms with Crippen molar-refractivity contribution in [1.29, 1.82) is 0 Å². The number of nitrogens with zero attached hydrogens (tertiary/aromatic N) is 2. The van der Waals surface area contributed by atoms with Crippen molar-refractivity contribution in [2.45, 2.75) is 51.5 Å². The van der Waals surface area contributed by atoms with Crippen LogP contribution in [-0.2, 0) is 17.5 Å². The molecular formula is C12H18F3N3O2. The lowest BCUT2D eigenvalue weighted by atomic mass is 9.97. The summed E-state index contributed by atoms with van der Waals surface area (Å²) < 4.78 is 38.4. The summed E-state index contributed by atoms with van der Waals surface area (Å²) in [5.41, 5.74) is -2.05. The maximum atomic E-state index is 12.4. The van der Waals surface area contributed by atoms with Gasteiger partial charge in [-0.25, -0.2) is 0 Å². The fourth-order valence-corrected chi connectivity index (χ4v) is 1.85. The van der Waals surface area contributed by atoms with Gasteiger partial charge in [-0.3, -0.25) is 14.8 Å². The SMILES string of the molecule is CC(C)NC(C)(CCn1cc(C(F)(F)F)cn1)C(=O)O. The van der Waals surface area contributed by atoms with Crippen LogP contribution in [0.1, 0.15) is 32.8 Å². The maximum absolute atomic E-state index is 12.4. The van der Waals surface area contributed by atoms with Crippen molar-refractivity contribution in [2.75, 3.05) is 0 Å². The summed E-state index contributed by atoms with van der Waals surface area (Å²) in [6.45, 7) is 5.19. The number of hydrogen-bond acceptors (Lipinski definition) is 3. The van der Waals surface area contributed by atoms with E-state index in [2.05, 4.69) is 10.4 Å². The number of nitrogens with one attached hydrogen (secondary N) is 1. The zero-order valence-electron chi connectivity index (χ0n) is 11.5. The number of alkyl halides is 3. The van der Waals surface area contributed by atoms with Gasteiger partial charge in [0.2, 0.25) is 0 Å². The molecule has 0 bridgehead atoms. The molecular weight excluding hydrogens is 275 g/mol. The van der Waals surface area contributed by atoms with Gasteiger partial charge in [-0.15, -0.1) is 0 Å². The van der Waals surface area contributed by atoms with E-state index in [1.807, 2.05) is 0 Å². The number of halogens is 3. The Morgan fingerprint density at radius 1 is 1.50 bits per heavy atom. The predicted octanol–water partition coefficient (Wildman–Crippen LogP) is 2.13. The Balaban J connectivity index is 2.73. The molecule has 0 aliphatic rings. The number of carbonyl (C=O) groups is 1. The van der Waals surface area contributed by atoms with Gasteiger partial charge >= 0.3 is 12.1 Å². The van der Waals surface area contributed by atoms with Crippen LogP contribution in [0.5, 0.6) is 0 Å². The molecule has 1 rings (SSSR count). The Morgan fingerprint density at radius 3 is 2.50 bits per heavy atom.